The van der Waals surface area contributed by atoms with E-state index in [0.717, 1.165) is 21.8 Å². The second-order valence-electron chi connectivity index (χ2n) is 4.26. The van der Waals surface area contributed by atoms with Crippen molar-refractivity contribution in [3.63, 3.8) is 0 Å². The predicted octanol–water partition coefficient (Wildman–Crippen LogP) is 4.95. The molecule has 2 heterocycles. The molecule has 104 valence electrons. The molecule has 6 heteroatoms. The normalized spacial score (nSPS) is 11.0. The Bertz CT molecular complexity index is 774. The molecule has 0 unspecified atom stereocenters. The average Bonchev–Trinajstić information content (AvgIpc) is 3.17. The van der Waals surface area contributed by atoms with Gasteiger partial charge < -0.3 is 0 Å². The number of aromatic nitrogens is 1. The number of thiophene rings is 1. The Balaban J connectivity index is 1.79. The highest BCUT2D eigenvalue weighted by atomic mass is 32.1. The molecule has 0 radical (unpaired) electrons. The summed E-state index contributed by atoms with van der Waals surface area (Å²) in [5, 5.41) is 17.6. The van der Waals surface area contributed by atoms with Crippen molar-refractivity contribution in [3.8, 4) is 11.3 Å². The highest BCUT2D eigenvalue weighted by Crippen LogP contribution is 2.25. The van der Waals surface area contributed by atoms with Crippen LogP contribution in [0.4, 0.5) is 5.69 Å². The summed E-state index contributed by atoms with van der Waals surface area (Å²) in [5.74, 6) is 0. The summed E-state index contributed by atoms with van der Waals surface area (Å²) in [6, 6.07) is 8.48. The first-order chi connectivity index (χ1) is 10.2. The van der Waals surface area contributed by atoms with E-state index in [9.17, 15) is 10.1 Å². The third-order valence-corrected chi connectivity index (χ3v) is 4.37. The van der Waals surface area contributed by atoms with Gasteiger partial charge in [-0.1, -0.05) is 6.08 Å². The molecule has 2 aromatic heterocycles. The smallest absolute Gasteiger partial charge is 0.258 e. The minimum Gasteiger partial charge on any atom is -0.258 e. The van der Waals surface area contributed by atoms with E-state index < -0.39 is 4.92 Å². The number of benzene rings is 1. The number of hydrogen-bond donors (Lipinski definition) is 0. The van der Waals surface area contributed by atoms with Gasteiger partial charge in [0, 0.05) is 23.1 Å². The Morgan fingerprint density at radius 2 is 1.90 bits per heavy atom. The highest BCUT2D eigenvalue weighted by molar-refractivity contribution is 7.11. The lowest BCUT2D eigenvalue weighted by molar-refractivity contribution is -0.384. The van der Waals surface area contributed by atoms with Crippen molar-refractivity contribution in [3.05, 3.63) is 67.2 Å². The topological polar surface area (TPSA) is 56.0 Å². The zero-order valence-electron chi connectivity index (χ0n) is 10.8. The molecule has 0 atom stereocenters. The van der Waals surface area contributed by atoms with Gasteiger partial charge in [-0.3, -0.25) is 10.1 Å². The number of hydrogen-bond acceptors (Lipinski definition) is 5. The molecule has 4 nitrogen and oxygen atoms in total. The van der Waals surface area contributed by atoms with Crippen molar-refractivity contribution in [2.75, 3.05) is 0 Å². The summed E-state index contributed by atoms with van der Waals surface area (Å²) in [6.45, 7) is 0. The van der Waals surface area contributed by atoms with Gasteiger partial charge in [0.1, 0.15) is 5.01 Å². The molecule has 21 heavy (non-hydrogen) atoms. The summed E-state index contributed by atoms with van der Waals surface area (Å²) in [6.07, 6.45) is 4.00. The summed E-state index contributed by atoms with van der Waals surface area (Å²) in [7, 11) is 0. The number of non-ortho nitro benzene ring substituents is 1. The lowest BCUT2D eigenvalue weighted by Gasteiger charge is -1.95. The minimum absolute atomic E-state index is 0.0894. The Labute approximate surface area is 129 Å². The number of nitro benzene ring substituents is 1. The zero-order chi connectivity index (χ0) is 14.7. The Hall–Kier alpha value is -2.31. The van der Waals surface area contributed by atoms with Gasteiger partial charge in [-0.05, 0) is 40.6 Å². The molecular weight excluding hydrogens is 304 g/mol. The minimum atomic E-state index is -0.403. The van der Waals surface area contributed by atoms with E-state index in [1.165, 1.54) is 12.1 Å². The van der Waals surface area contributed by atoms with E-state index in [4.69, 9.17) is 0 Å². The third-order valence-electron chi connectivity index (χ3n) is 2.86. The van der Waals surface area contributed by atoms with E-state index in [1.54, 1.807) is 34.8 Å². The SMILES string of the molecule is O=[N+]([O-])c1ccc(-c2csc(/C=C/c3ccsc3)n2)cc1. The molecule has 0 saturated carbocycles. The van der Waals surface area contributed by atoms with Gasteiger partial charge in [0.25, 0.3) is 5.69 Å². The van der Waals surface area contributed by atoms with Crippen LogP contribution in [-0.4, -0.2) is 9.91 Å². The predicted molar refractivity (Wildman–Crippen MR) is 87.5 cm³/mol. The summed E-state index contributed by atoms with van der Waals surface area (Å²) in [5.41, 5.74) is 2.96. The third kappa shape index (κ3) is 3.24. The molecule has 0 aliphatic carbocycles. The number of rotatable bonds is 4. The van der Waals surface area contributed by atoms with Crippen LogP contribution in [-0.2, 0) is 0 Å². The van der Waals surface area contributed by atoms with Crippen LogP contribution in [0.1, 0.15) is 10.6 Å². The highest BCUT2D eigenvalue weighted by Gasteiger charge is 2.07. The fourth-order valence-corrected chi connectivity index (χ4v) is 3.14. The van der Waals surface area contributed by atoms with Crippen molar-refractivity contribution in [1.29, 1.82) is 0 Å². The standard InChI is InChI=1S/C15H10N2O2S2/c18-17(19)13-4-2-12(3-5-13)14-10-21-15(16-14)6-1-11-7-8-20-9-11/h1-10H/b6-1+. The maximum absolute atomic E-state index is 10.6. The Morgan fingerprint density at radius 3 is 2.57 bits per heavy atom. The van der Waals surface area contributed by atoms with Gasteiger partial charge in [-0.2, -0.15) is 11.3 Å². The molecule has 3 aromatic rings. The van der Waals surface area contributed by atoms with Crippen LogP contribution in [0.15, 0.2) is 46.5 Å². The van der Waals surface area contributed by atoms with Gasteiger partial charge >= 0.3 is 0 Å². The van der Waals surface area contributed by atoms with Crippen LogP contribution >= 0.6 is 22.7 Å². The molecule has 0 fully saturated rings. The van der Waals surface area contributed by atoms with Gasteiger partial charge in [-0.15, -0.1) is 11.3 Å². The molecule has 0 bridgehead atoms. The van der Waals surface area contributed by atoms with E-state index in [-0.39, 0.29) is 5.69 Å². The van der Waals surface area contributed by atoms with Gasteiger partial charge in [-0.25, -0.2) is 4.98 Å². The molecular formula is C15H10N2O2S2. The van der Waals surface area contributed by atoms with Crippen LogP contribution in [0.25, 0.3) is 23.4 Å². The quantitative estimate of drug-likeness (QED) is 0.505. The first-order valence-electron chi connectivity index (χ1n) is 6.13. The second-order valence-corrected chi connectivity index (χ2v) is 5.93. The molecule has 0 aliphatic rings. The Morgan fingerprint density at radius 1 is 1.10 bits per heavy atom. The molecule has 1 aromatic carbocycles. The molecule has 0 saturated heterocycles. The second kappa shape index (κ2) is 5.99. The van der Waals surface area contributed by atoms with Crippen molar-refractivity contribution < 1.29 is 4.92 Å². The van der Waals surface area contributed by atoms with Crippen LogP contribution in [0, 0.1) is 10.1 Å². The van der Waals surface area contributed by atoms with Crippen LogP contribution in [0.3, 0.4) is 0 Å². The summed E-state index contributed by atoms with van der Waals surface area (Å²) in [4.78, 5) is 14.8. The number of thiazole rings is 1. The van der Waals surface area contributed by atoms with Gasteiger partial charge in [0.05, 0.1) is 10.6 Å². The fourth-order valence-electron chi connectivity index (χ4n) is 1.79. The Kier molecular flexibility index (Phi) is 3.89. The lowest BCUT2D eigenvalue weighted by atomic mass is 10.1. The van der Waals surface area contributed by atoms with Crippen LogP contribution < -0.4 is 0 Å². The zero-order valence-corrected chi connectivity index (χ0v) is 12.4. The molecule has 0 amide bonds. The van der Waals surface area contributed by atoms with Crippen molar-refractivity contribution in [2.24, 2.45) is 0 Å². The fraction of sp³-hybridized carbons (Fsp3) is 0. The number of nitrogens with zero attached hydrogens (tertiary/aromatic N) is 2. The summed E-state index contributed by atoms with van der Waals surface area (Å²) < 4.78 is 0. The van der Waals surface area contributed by atoms with Crippen molar-refractivity contribution >= 4 is 40.5 Å². The average molecular weight is 314 g/mol. The lowest BCUT2D eigenvalue weighted by Crippen LogP contribution is -1.87. The maximum Gasteiger partial charge on any atom is 0.269 e. The maximum atomic E-state index is 10.6. The molecule has 0 spiro atoms. The van der Waals surface area contributed by atoms with Crippen molar-refractivity contribution in [1.82, 2.24) is 4.98 Å². The molecule has 3 rings (SSSR count). The largest absolute Gasteiger partial charge is 0.269 e. The monoisotopic (exact) mass is 314 g/mol. The molecule has 0 N–H and O–H groups in total. The van der Waals surface area contributed by atoms with Gasteiger partial charge in [0.2, 0.25) is 0 Å². The van der Waals surface area contributed by atoms with E-state index in [1.807, 2.05) is 29.0 Å². The van der Waals surface area contributed by atoms with E-state index in [0.29, 0.717) is 0 Å². The van der Waals surface area contributed by atoms with Crippen LogP contribution in [0.5, 0.6) is 0 Å². The van der Waals surface area contributed by atoms with Gasteiger partial charge in [0.15, 0.2) is 0 Å². The van der Waals surface area contributed by atoms with Crippen molar-refractivity contribution in [2.45, 2.75) is 0 Å². The van der Waals surface area contributed by atoms with E-state index >= 15 is 0 Å². The number of nitro groups is 1. The van der Waals surface area contributed by atoms with E-state index in [2.05, 4.69) is 10.4 Å². The first-order valence-corrected chi connectivity index (χ1v) is 7.95. The first kappa shape index (κ1) is 13.7. The van der Waals surface area contributed by atoms with Crippen LogP contribution in [0.2, 0.25) is 0 Å². The molecule has 0 aliphatic heterocycles. The summed E-state index contributed by atoms with van der Waals surface area (Å²) >= 11 is 3.21.